The van der Waals surface area contributed by atoms with Crippen molar-refractivity contribution < 1.29 is 0 Å². The number of rotatable bonds is 0. The van der Waals surface area contributed by atoms with Gasteiger partial charge in [-0.15, -0.1) is 0 Å². The van der Waals surface area contributed by atoms with Crippen LogP contribution in [0.2, 0.25) is 5.82 Å². The molecular formula is C12H21B. The van der Waals surface area contributed by atoms with E-state index in [-0.39, 0.29) is 0 Å². The fourth-order valence-electron chi connectivity index (χ4n) is 4.90. The van der Waals surface area contributed by atoms with Crippen molar-refractivity contribution in [1.29, 1.82) is 0 Å². The molecule has 0 nitrogen and oxygen atoms in total. The van der Waals surface area contributed by atoms with Gasteiger partial charge in [-0.3, -0.25) is 0 Å². The summed E-state index contributed by atoms with van der Waals surface area (Å²) in [6, 6.07) is 0. The lowest BCUT2D eigenvalue weighted by Crippen LogP contribution is -2.52. The average Bonchev–Trinajstić information content (AvgIpc) is 2.08. The van der Waals surface area contributed by atoms with Crippen molar-refractivity contribution in [3.8, 4) is 0 Å². The minimum atomic E-state index is 0.673. The first-order valence-corrected chi connectivity index (χ1v) is 6.09. The monoisotopic (exact) mass is 176 g/mol. The van der Waals surface area contributed by atoms with Gasteiger partial charge in [0.15, 0.2) is 0 Å². The lowest BCUT2D eigenvalue weighted by molar-refractivity contribution is -0.0863. The van der Waals surface area contributed by atoms with Gasteiger partial charge in [0.2, 0.25) is 0 Å². The third kappa shape index (κ3) is 0.940. The minimum Gasteiger partial charge on any atom is -0.0636 e. The van der Waals surface area contributed by atoms with Crippen LogP contribution in [0, 0.1) is 29.1 Å². The minimum absolute atomic E-state index is 0.673. The zero-order valence-electron chi connectivity index (χ0n) is 9.22. The lowest BCUT2D eigenvalue weighted by atomic mass is 9.40. The van der Waals surface area contributed by atoms with Crippen LogP contribution in [-0.2, 0) is 0 Å². The van der Waals surface area contributed by atoms with E-state index >= 15 is 0 Å². The van der Waals surface area contributed by atoms with Crippen LogP contribution in [0.4, 0.5) is 0 Å². The summed E-state index contributed by atoms with van der Waals surface area (Å²) in [5, 5.41) is 0. The molecule has 0 N–H and O–H groups in total. The quantitative estimate of drug-likeness (QED) is 0.497. The van der Waals surface area contributed by atoms with Gasteiger partial charge in [-0.1, -0.05) is 19.7 Å². The zero-order valence-corrected chi connectivity index (χ0v) is 9.22. The lowest BCUT2D eigenvalue weighted by Gasteiger charge is -2.62. The summed E-state index contributed by atoms with van der Waals surface area (Å²) in [6.07, 6.45) is 6.25. The Morgan fingerprint density at radius 2 is 1.85 bits per heavy atom. The highest BCUT2D eigenvalue weighted by molar-refractivity contribution is 6.12. The topological polar surface area (TPSA) is 0 Å². The van der Waals surface area contributed by atoms with E-state index in [1.54, 1.807) is 25.7 Å². The summed E-state index contributed by atoms with van der Waals surface area (Å²) in [4.78, 5) is 0. The Hall–Kier alpha value is 0.0649. The van der Waals surface area contributed by atoms with E-state index in [0.717, 1.165) is 29.5 Å². The molecule has 4 fully saturated rings. The molecule has 4 aliphatic carbocycles. The summed E-state index contributed by atoms with van der Waals surface area (Å²) in [6.45, 7) is 5.08. The normalized spacial score (nSPS) is 56.9. The predicted molar refractivity (Wildman–Crippen MR) is 58.5 cm³/mol. The van der Waals surface area contributed by atoms with Crippen molar-refractivity contribution in [3.05, 3.63) is 0 Å². The van der Waals surface area contributed by atoms with Crippen LogP contribution in [-0.4, -0.2) is 7.85 Å². The SMILES string of the molecule is BC1C2CC3CC(C2)C(C)(C)C1C3. The van der Waals surface area contributed by atoms with Gasteiger partial charge >= 0.3 is 0 Å². The maximum atomic E-state index is 2.54. The molecule has 0 radical (unpaired) electrons. The molecule has 4 saturated carbocycles. The smallest absolute Gasteiger partial charge is 0.0636 e. The fourth-order valence-corrected chi connectivity index (χ4v) is 4.90. The fraction of sp³-hybridized carbons (Fsp3) is 1.00. The van der Waals surface area contributed by atoms with E-state index in [4.69, 9.17) is 0 Å². The number of hydrogen-bond acceptors (Lipinski definition) is 0. The molecule has 4 rings (SSSR count). The Morgan fingerprint density at radius 1 is 1.08 bits per heavy atom. The Bertz CT molecular complexity index is 233. The molecule has 72 valence electrons. The van der Waals surface area contributed by atoms with Crippen molar-refractivity contribution in [2.75, 3.05) is 0 Å². The maximum absolute atomic E-state index is 2.54. The Labute approximate surface area is 82.9 Å². The molecule has 13 heavy (non-hydrogen) atoms. The highest BCUT2D eigenvalue weighted by Crippen LogP contribution is 2.65. The van der Waals surface area contributed by atoms with Gasteiger partial charge in [-0.2, -0.15) is 0 Å². The Morgan fingerprint density at radius 3 is 2.62 bits per heavy atom. The molecule has 1 heteroatoms. The molecule has 0 aromatic heterocycles. The summed E-state index contributed by atoms with van der Waals surface area (Å²) in [5.41, 5.74) is 0.673. The highest BCUT2D eigenvalue weighted by atomic mass is 14.6. The predicted octanol–water partition coefficient (Wildman–Crippen LogP) is 2.50. The first-order valence-electron chi connectivity index (χ1n) is 6.09. The highest BCUT2D eigenvalue weighted by Gasteiger charge is 2.55. The van der Waals surface area contributed by atoms with E-state index in [1.165, 1.54) is 0 Å². The largest absolute Gasteiger partial charge is 0.106 e. The van der Waals surface area contributed by atoms with Crippen LogP contribution in [0.5, 0.6) is 0 Å². The number of hydrogen-bond donors (Lipinski definition) is 0. The van der Waals surface area contributed by atoms with E-state index < -0.39 is 0 Å². The molecule has 5 atom stereocenters. The summed E-state index contributed by atoms with van der Waals surface area (Å²) in [5.74, 6) is 5.39. The molecule has 0 saturated heterocycles. The summed E-state index contributed by atoms with van der Waals surface area (Å²) < 4.78 is 0. The van der Waals surface area contributed by atoms with Crippen molar-refractivity contribution in [2.24, 2.45) is 29.1 Å². The third-order valence-corrected chi connectivity index (χ3v) is 5.81. The molecule has 0 spiro atoms. The van der Waals surface area contributed by atoms with Gasteiger partial charge in [0, 0.05) is 0 Å². The Balaban J connectivity index is 1.99. The second-order valence-electron chi connectivity index (χ2n) is 6.55. The summed E-state index contributed by atoms with van der Waals surface area (Å²) >= 11 is 0. The third-order valence-electron chi connectivity index (χ3n) is 5.81. The van der Waals surface area contributed by atoms with Crippen molar-refractivity contribution in [1.82, 2.24) is 0 Å². The molecule has 4 bridgehead atoms. The first kappa shape index (κ1) is 8.38. The molecule has 5 unspecified atom stereocenters. The van der Waals surface area contributed by atoms with E-state index in [2.05, 4.69) is 21.7 Å². The first-order chi connectivity index (χ1) is 6.09. The molecule has 4 aliphatic rings. The standard InChI is InChI=1S/C12H21B/c1-12(2)9-4-7-3-8(6-9)11(13)10(12)5-7/h7-11H,3-6,13H2,1-2H3. The van der Waals surface area contributed by atoms with Crippen LogP contribution < -0.4 is 0 Å². The molecule has 0 aliphatic heterocycles. The van der Waals surface area contributed by atoms with Gasteiger partial charge in [0.1, 0.15) is 7.85 Å². The van der Waals surface area contributed by atoms with Crippen molar-refractivity contribution >= 4 is 7.85 Å². The van der Waals surface area contributed by atoms with Crippen LogP contribution in [0.1, 0.15) is 39.5 Å². The van der Waals surface area contributed by atoms with Crippen LogP contribution in [0.25, 0.3) is 0 Å². The average molecular weight is 176 g/mol. The van der Waals surface area contributed by atoms with Crippen molar-refractivity contribution in [3.63, 3.8) is 0 Å². The molecule has 0 heterocycles. The molecule has 0 aromatic rings. The van der Waals surface area contributed by atoms with Crippen molar-refractivity contribution in [2.45, 2.75) is 45.3 Å². The molecule has 0 aromatic carbocycles. The van der Waals surface area contributed by atoms with Gasteiger partial charge < -0.3 is 0 Å². The molecular weight excluding hydrogens is 155 g/mol. The Kier molecular flexibility index (Phi) is 1.52. The van der Waals surface area contributed by atoms with Crippen LogP contribution in [0.3, 0.4) is 0 Å². The van der Waals surface area contributed by atoms with E-state index in [1.807, 2.05) is 0 Å². The van der Waals surface area contributed by atoms with Gasteiger partial charge in [-0.05, 0) is 54.8 Å². The summed E-state index contributed by atoms with van der Waals surface area (Å²) in [7, 11) is 2.52. The van der Waals surface area contributed by atoms with Gasteiger partial charge in [0.25, 0.3) is 0 Å². The van der Waals surface area contributed by atoms with Gasteiger partial charge in [0.05, 0.1) is 0 Å². The maximum Gasteiger partial charge on any atom is 0.106 e. The second kappa shape index (κ2) is 2.35. The van der Waals surface area contributed by atoms with E-state index in [0.29, 0.717) is 5.41 Å². The van der Waals surface area contributed by atoms with Gasteiger partial charge in [-0.25, -0.2) is 0 Å². The second-order valence-corrected chi connectivity index (χ2v) is 6.55. The van der Waals surface area contributed by atoms with Crippen LogP contribution in [0.15, 0.2) is 0 Å². The van der Waals surface area contributed by atoms with Crippen LogP contribution >= 0.6 is 0 Å². The van der Waals surface area contributed by atoms with E-state index in [9.17, 15) is 0 Å². The molecule has 0 amide bonds. The zero-order chi connectivity index (χ0) is 9.22.